The van der Waals surface area contributed by atoms with Gasteiger partial charge < -0.3 is 9.84 Å². The molecule has 1 saturated carbocycles. The van der Waals surface area contributed by atoms with Crippen LogP contribution in [-0.4, -0.2) is 31.3 Å². The fourth-order valence-electron chi connectivity index (χ4n) is 3.67. The number of phenols is 1. The highest BCUT2D eigenvalue weighted by molar-refractivity contribution is 6.33. The number of phenolic OH excluding ortho intramolecular Hbond substituents is 1. The Labute approximate surface area is 173 Å². The molecule has 0 saturated heterocycles. The third-order valence-corrected chi connectivity index (χ3v) is 6.17. The molecule has 1 aromatic carbocycles. The number of allylic oxidation sites excluding steroid dienone is 4. The molecule has 1 aliphatic rings. The molecule has 1 aromatic rings. The summed E-state index contributed by atoms with van der Waals surface area (Å²) in [6.45, 7) is 6.01. The molecule has 1 unspecified atom stereocenters. The highest BCUT2D eigenvalue weighted by Gasteiger charge is 2.23. The normalized spacial score (nSPS) is 22.1. The van der Waals surface area contributed by atoms with Crippen LogP contribution in [0.5, 0.6) is 11.5 Å². The summed E-state index contributed by atoms with van der Waals surface area (Å²) in [5.74, 6) is 1.49. The molecular formula is C23H30ClNO3. The van der Waals surface area contributed by atoms with Crippen LogP contribution in [0.15, 0.2) is 28.8 Å². The minimum absolute atomic E-state index is 0.0634. The molecule has 0 spiro atoms. The van der Waals surface area contributed by atoms with Crippen LogP contribution < -0.4 is 4.74 Å². The Balaban J connectivity index is 2.23. The van der Waals surface area contributed by atoms with Gasteiger partial charge in [0.1, 0.15) is 11.5 Å². The molecule has 2 rings (SSSR count). The number of rotatable bonds is 6. The maximum Gasteiger partial charge on any atom is 0.154 e. The van der Waals surface area contributed by atoms with E-state index >= 15 is 0 Å². The zero-order valence-corrected chi connectivity index (χ0v) is 18.1. The Bertz CT molecular complexity index is 824. The second-order valence-corrected chi connectivity index (χ2v) is 7.89. The number of carbonyl (C=O) groups is 1. The molecule has 0 amide bonds. The Hall–Kier alpha value is -2.07. The van der Waals surface area contributed by atoms with E-state index in [0.717, 1.165) is 18.4 Å². The van der Waals surface area contributed by atoms with E-state index in [4.69, 9.17) is 16.3 Å². The number of aromatic hydroxyl groups is 1. The van der Waals surface area contributed by atoms with Gasteiger partial charge in [-0.3, -0.25) is 9.79 Å². The van der Waals surface area contributed by atoms with Crippen LogP contribution in [0.2, 0.25) is 5.02 Å². The highest BCUT2D eigenvalue weighted by Crippen LogP contribution is 2.41. The van der Waals surface area contributed by atoms with Crippen LogP contribution in [0.1, 0.15) is 54.6 Å². The number of hydrogen-bond donors (Lipinski definition) is 1. The van der Waals surface area contributed by atoms with E-state index in [-0.39, 0.29) is 11.3 Å². The van der Waals surface area contributed by atoms with E-state index < -0.39 is 0 Å². The summed E-state index contributed by atoms with van der Waals surface area (Å²) in [5, 5.41) is 10.9. The van der Waals surface area contributed by atoms with Gasteiger partial charge in [-0.05, 0) is 56.9 Å². The molecular weight excluding hydrogens is 374 g/mol. The second-order valence-electron chi connectivity index (χ2n) is 7.52. The third-order valence-electron chi connectivity index (χ3n) is 5.71. The van der Waals surface area contributed by atoms with Crippen molar-refractivity contribution in [1.29, 1.82) is 0 Å². The Kier molecular flexibility index (Phi) is 7.88. The lowest BCUT2D eigenvalue weighted by molar-refractivity contribution is 0.112. The predicted molar refractivity (Wildman–Crippen MR) is 116 cm³/mol. The van der Waals surface area contributed by atoms with Crippen LogP contribution in [0.25, 0.3) is 0 Å². The molecule has 0 radical (unpaired) electrons. The fourth-order valence-corrected chi connectivity index (χ4v) is 3.96. The van der Waals surface area contributed by atoms with Crippen LogP contribution in [0.3, 0.4) is 0 Å². The first kappa shape index (κ1) is 22.2. The van der Waals surface area contributed by atoms with E-state index in [1.807, 2.05) is 20.0 Å². The molecule has 0 heterocycles. The quantitative estimate of drug-likeness (QED) is 0.487. The van der Waals surface area contributed by atoms with Gasteiger partial charge >= 0.3 is 0 Å². The van der Waals surface area contributed by atoms with Gasteiger partial charge in [0.05, 0.1) is 17.7 Å². The molecule has 1 aliphatic carbocycles. The standard InChI is InChI=1S/C23H30ClNO3/c1-14(6-9-17-12-18(25-4)10-8-15(17)2)7-11-19-22(27)20(13-26)16(3)21(24)23(19)28-5/h6-7,9,13,15,17,27H,8,10-12H2,1-5H3/b9-6+,14-7+,25-18?/t15-,17?/m1/s1. The zero-order chi connectivity index (χ0) is 20.8. The summed E-state index contributed by atoms with van der Waals surface area (Å²) >= 11 is 6.33. The second kappa shape index (κ2) is 9.92. The van der Waals surface area contributed by atoms with Gasteiger partial charge in [-0.25, -0.2) is 0 Å². The monoisotopic (exact) mass is 403 g/mol. The summed E-state index contributed by atoms with van der Waals surface area (Å²) < 4.78 is 5.39. The van der Waals surface area contributed by atoms with Gasteiger partial charge in [0, 0.05) is 18.3 Å². The molecule has 28 heavy (non-hydrogen) atoms. The lowest BCUT2D eigenvalue weighted by Crippen LogP contribution is -2.21. The summed E-state index contributed by atoms with van der Waals surface area (Å²) in [6.07, 6.45) is 10.7. The van der Waals surface area contributed by atoms with Crippen molar-refractivity contribution in [3.63, 3.8) is 0 Å². The number of carbonyl (C=O) groups excluding carboxylic acids is 1. The molecule has 0 bridgehead atoms. The summed E-state index contributed by atoms with van der Waals surface area (Å²) in [4.78, 5) is 15.7. The number of aldehydes is 1. The smallest absolute Gasteiger partial charge is 0.154 e. The molecule has 0 aromatic heterocycles. The minimum Gasteiger partial charge on any atom is -0.507 e. The van der Waals surface area contributed by atoms with Crippen molar-refractivity contribution < 1.29 is 14.6 Å². The highest BCUT2D eigenvalue weighted by atomic mass is 35.5. The lowest BCUT2D eigenvalue weighted by Gasteiger charge is -2.27. The van der Waals surface area contributed by atoms with Crippen molar-refractivity contribution in [3.8, 4) is 11.5 Å². The Morgan fingerprint density at radius 3 is 2.75 bits per heavy atom. The van der Waals surface area contributed by atoms with Crippen LogP contribution >= 0.6 is 11.6 Å². The third kappa shape index (κ3) is 4.85. The SMILES string of the molecule is CN=C1CC[C@@H](C)C(/C=C/C(C)=C/Cc2c(O)c(C=O)c(C)c(Cl)c2OC)C1. The molecule has 2 atom stereocenters. The molecule has 5 heteroatoms. The van der Waals surface area contributed by atoms with E-state index in [1.165, 1.54) is 19.2 Å². The molecule has 4 nitrogen and oxygen atoms in total. The first-order valence-corrected chi connectivity index (χ1v) is 10.0. The van der Waals surface area contributed by atoms with Crippen molar-refractivity contribution in [2.45, 2.75) is 46.5 Å². The average Bonchev–Trinajstić information content (AvgIpc) is 2.69. The summed E-state index contributed by atoms with van der Waals surface area (Å²) in [7, 11) is 3.38. The van der Waals surface area contributed by atoms with Gasteiger partial charge in [0.15, 0.2) is 6.29 Å². The molecule has 1 N–H and O–H groups in total. The molecule has 0 aliphatic heterocycles. The van der Waals surface area contributed by atoms with Gasteiger partial charge in [-0.1, -0.05) is 42.3 Å². The van der Waals surface area contributed by atoms with Gasteiger partial charge in [0.2, 0.25) is 0 Å². The lowest BCUT2D eigenvalue weighted by atomic mass is 9.79. The van der Waals surface area contributed by atoms with Crippen molar-refractivity contribution in [2.24, 2.45) is 16.8 Å². The van der Waals surface area contributed by atoms with Crippen molar-refractivity contribution in [2.75, 3.05) is 14.2 Å². The number of halogens is 1. The minimum atomic E-state index is -0.0634. The van der Waals surface area contributed by atoms with E-state index in [0.29, 0.717) is 46.4 Å². The van der Waals surface area contributed by atoms with Crippen molar-refractivity contribution in [1.82, 2.24) is 0 Å². The van der Waals surface area contributed by atoms with E-state index in [2.05, 4.69) is 24.1 Å². The molecule has 1 fully saturated rings. The molecule has 152 valence electrons. The van der Waals surface area contributed by atoms with Crippen molar-refractivity contribution >= 4 is 23.6 Å². The fraction of sp³-hybridized carbons (Fsp3) is 0.478. The van der Waals surface area contributed by atoms with E-state index in [1.54, 1.807) is 6.92 Å². The van der Waals surface area contributed by atoms with Crippen LogP contribution in [-0.2, 0) is 6.42 Å². The first-order chi connectivity index (χ1) is 13.3. The number of hydrogen-bond acceptors (Lipinski definition) is 4. The predicted octanol–water partition coefficient (Wildman–Crippen LogP) is 5.73. The van der Waals surface area contributed by atoms with Crippen LogP contribution in [0, 0.1) is 18.8 Å². The van der Waals surface area contributed by atoms with Gasteiger partial charge in [-0.2, -0.15) is 0 Å². The summed E-state index contributed by atoms with van der Waals surface area (Å²) in [5.41, 5.74) is 3.64. The Morgan fingerprint density at radius 2 is 2.14 bits per heavy atom. The average molecular weight is 404 g/mol. The number of methoxy groups -OCH3 is 1. The Morgan fingerprint density at radius 1 is 1.43 bits per heavy atom. The number of benzene rings is 1. The number of aliphatic imine (C=N–C) groups is 1. The van der Waals surface area contributed by atoms with Gasteiger partial charge in [0.25, 0.3) is 0 Å². The zero-order valence-electron chi connectivity index (χ0n) is 17.4. The number of ether oxygens (including phenoxy) is 1. The maximum atomic E-state index is 11.4. The maximum absolute atomic E-state index is 11.4. The summed E-state index contributed by atoms with van der Waals surface area (Å²) in [6, 6.07) is 0. The van der Waals surface area contributed by atoms with Crippen molar-refractivity contribution in [3.05, 3.63) is 45.5 Å². The largest absolute Gasteiger partial charge is 0.507 e. The first-order valence-electron chi connectivity index (χ1n) is 9.66. The van der Waals surface area contributed by atoms with Crippen LogP contribution in [0.4, 0.5) is 0 Å². The van der Waals surface area contributed by atoms with Gasteiger partial charge in [-0.15, -0.1) is 0 Å². The number of nitrogens with zero attached hydrogens (tertiary/aromatic N) is 1. The topological polar surface area (TPSA) is 58.9 Å². The van der Waals surface area contributed by atoms with E-state index in [9.17, 15) is 9.90 Å².